The van der Waals surface area contributed by atoms with E-state index in [9.17, 15) is 24.9 Å². The number of benzene rings is 2. The molecule has 2 bridgehead atoms. The van der Waals surface area contributed by atoms with E-state index in [4.69, 9.17) is 4.52 Å². The number of nitrogens with one attached hydrogen (secondary N) is 2. The minimum Gasteiger partial charge on any atom is -0.507 e. The minimum atomic E-state index is -1.25. The molecule has 7 heterocycles. The first kappa shape index (κ1) is 42.6. The smallest absolute Gasteiger partial charge is 0.238 e. The average molecular weight is 904 g/mol. The van der Waals surface area contributed by atoms with Crippen LogP contribution in [-0.2, 0) is 22.4 Å². The van der Waals surface area contributed by atoms with Gasteiger partial charge in [0.1, 0.15) is 10.6 Å². The van der Waals surface area contributed by atoms with Crippen LogP contribution in [0.4, 0.5) is 5.82 Å². The number of rotatable bonds is 12. The summed E-state index contributed by atoms with van der Waals surface area (Å²) in [4.78, 5) is 41.4. The normalized spacial score (nSPS) is 23.5. The van der Waals surface area contributed by atoms with Crippen molar-refractivity contribution in [3.8, 4) is 27.4 Å². The highest BCUT2D eigenvalue weighted by Gasteiger charge is 2.48. The Bertz CT molecular complexity index is 2680. The maximum Gasteiger partial charge on any atom is 0.238 e. The molecule has 15 nitrogen and oxygen atoms in total. The number of thiophene rings is 1. The molecule has 3 aliphatic heterocycles. The van der Waals surface area contributed by atoms with Crippen LogP contribution in [0.15, 0.2) is 70.7 Å². The molecule has 334 valence electrons. The Labute approximate surface area is 379 Å². The Morgan fingerprint density at radius 2 is 1.80 bits per heavy atom. The number of fused-ring (bicyclic) bond motifs is 5. The lowest BCUT2D eigenvalue weighted by Crippen LogP contribution is -2.54. The molecule has 5 N–H and O–H groups in total. The lowest BCUT2D eigenvalue weighted by atomic mass is 9.86. The fourth-order valence-electron chi connectivity index (χ4n) is 10.2. The summed E-state index contributed by atoms with van der Waals surface area (Å²) in [5.74, 6) is 1.20. The van der Waals surface area contributed by atoms with Crippen molar-refractivity contribution >= 4 is 50.5 Å². The largest absolute Gasteiger partial charge is 0.507 e. The highest BCUT2D eigenvalue weighted by atomic mass is 32.1. The van der Waals surface area contributed by atoms with Gasteiger partial charge in [0.15, 0.2) is 17.9 Å². The van der Waals surface area contributed by atoms with E-state index in [1.807, 2.05) is 81.7 Å². The molecule has 6 aromatic rings. The number of phenolic OH excluding ortho intramolecular Hbond substituents is 1. The number of likely N-dealkylation sites (tertiary alicyclic amines) is 2. The molecule has 4 aromatic heterocycles. The van der Waals surface area contributed by atoms with Crippen LogP contribution in [0.1, 0.15) is 79.6 Å². The molecule has 10 rings (SSSR count). The second-order valence-corrected chi connectivity index (χ2v) is 20.1. The first-order valence-electron chi connectivity index (χ1n) is 22.2. The van der Waals surface area contributed by atoms with Crippen molar-refractivity contribution < 1.29 is 29.4 Å². The van der Waals surface area contributed by atoms with Crippen molar-refractivity contribution in [1.82, 2.24) is 40.8 Å². The first-order chi connectivity index (χ1) is 30.9. The number of amides is 2. The summed E-state index contributed by atoms with van der Waals surface area (Å²) in [6, 6.07) is 17.8. The van der Waals surface area contributed by atoms with E-state index in [1.54, 1.807) is 39.7 Å². The van der Waals surface area contributed by atoms with Gasteiger partial charge in [-0.2, -0.15) is 0 Å². The SMILES string of the molecule is Cc1ncsc1-c1ccc([C@H](C)NC(=O)[C@@H]2C[C@@H](O)CN2C(O)N[C@@H](c2cc(N3C[C@H]4C[C@@H]3CN4C(=O)[C@H]3CCc4sc5nnc(-c6ccccc6O)cc5c4C3)no2)C(C)C)cc1. The molecule has 0 spiro atoms. The highest BCUT2D eigenvalue weighted by Crippen LogP contribution is 2.42. The van der Waals surface area contributed by atoms with Crippen LogP contribution in [-0.4, -0.2) is 107 Å². The van der Waals surface area contributed by atoms with Crippen LogP contribution < -0.4 is 15.5 Å². The van der Waals surface area contributed by atoms with Crippen LogP contribution in [0.25, 0.3) is 31.9 Å². The number of para-hydroxylation sites is 1. The van der Waals surface area contributed by atoms with Crippen molar-refractivity contribution in [3.63, 3.8) is 0 Å². The zero-order chi connectivity index (χ0) is 44.4. The third-order valence-electron chi connectivity index (χ3n) is 13.7. The number of aryl methyl sites for hydroxylation is 2. The molecule has 2 amide bonds. The van der Waals surface area contributed by atoms with Crippen molar-refractivity contribution in [2.24, 2.45) is 11.8 Å². The molecular weight excluding hydrogens is 851 g/mol. The number of hydrogen-bond donors (Lipinski definition) is 5. The number of phenols is 1. The number of β-amino-alcohol motifs (C(OH)–C–C–N with tert-alkyl or cyclic N) is 1. The topological polar surface area (TPSA) is 193 Å². The maximum absolute atomic E-state index is 14.2. The number of nitrogens with zero attached hydrogens (tertiary/aromatic N) is 7. The number of thiazole rings is 1. The standard InChI is InChI=1S/C47H53N9O6S2/c1-24(2)42(50-47(61)56-22-32(57)17-37(56)44(59)49-25(3)27-9-11-28(12-10-27)43-26(4)48-23-63-43)39-19-41(53-62-39)54-20-31-16-30(54)21-55(31)46(60)29-13-14-40-34(15-29)35-18-36(51-52-45(35)64-40)33-7-5-6-8-38(33)58/h5-12,18-19,23-25,29-32,37,42,47,50,57-58,61H,13-17,20-22H2,1-4H3,(H,49,59)/t25-,29-,30+,31+,32+,37-,42+,47?/m0/s1. The summed E-state index contributed by atoms with van der Waals surface area (Å²) in [7, 11) is 0. The van der Waals surface area contributed by atoms with Gasteiger partial charge in [-0.15, -0.1) is 32.9 Å². The molecule has 3 saturated heterocycles. The zero-order valence-electron chi connectivity index (χ0n) is 36.2. The van der Waals surface area contributed by atoms with Gasteiger partial charge in [0.2, 0.25) is 11.8 Å². The Morgan fingerprint density at radius 3 is 2.53 bits per heavy atom. The van der Waals surface area contributed by atoms with Gasteiger partial charge >= 0.3 is 0 Å². The third kappa shape index (κ3) is 7.96. The molecule has 0 radical (unpaired) electrons. The predicted molar refractivity (Wildman–Crippen MR) is 244 cm³/mol. The zero-order valence-corrected chi connectivity index (χ0v) is 37.9. The molecule has 1 unspecified atom stereocenters. The van der Waals surface area contributed by atoms with Crippen molar-refractivity contribution in [2.45, 2.75) is 102 Å². The molecule has 4 aliphatic rings. The number of aromatic hydroxyl groups is 1. The molecule has 1 aliphatic carbocycles. The quantitative estimate of drug-likeness (QED) is 0.0906. The number of anilines is 1. The fourth-order valence-corrected chi connectivity index (χ4v) is 12.2. The number of carbonyl (C=O) groups is 2. The van der Waals surface area contributed by atoms with E-state index in [1.165, 1.54) is 10.4 Å². The van der Waals surface area contributed by atoms with Crippen LogP contribution in [0, 0.1) is 18.8 Å². The van der Waals surface area contributed by atoms with E-state index in [-0.39, 0.29) is 60.5 Å². The fraction of sp³-hybridized carbons (Fsp3) is 0.447. The van der Waals surface area contributed by atoms with Gasteiger partial charge in [0, 0.05) is 47.4 Å². The third-order valence-corrected chi connectivity index (χ3v) is 15.9. The summed E-state index contributed by atoms with van der Waals surface area (Å²) in [5, 5.41) is 53.6. The summed E-state index contributed by atoms with van der Waals surface area (Å²) >= 11 is 3.25. The second-order valence-electron chi connectivity index (χ2n) is 18.2. The van der Waals surface area contributed by atoms with E-state index in [0.29, 0.717) is 42.3 Å². The first-order valence-corrected chi connectivity index (χ1v) is 23.9. The molecule has 2 aromatic carbocycles. The van der Waals surface area contributed by atoms with E-state index >= 15 is 0 Å². The Kier molecular flexibility index (Phi) is 11.5. The highest BCUT2D eigenvalue weighted by molar-refractivity contribution is 7.18. The summed E-state index contributed by atoms with van der Waals surface area (Å²) < 4.78 is 5.96. The lowest BCUT2D eigenvalue weighted by molar-refractivity contribution is -0.137. The molecule has 8 atom stereocenters. The predicted octanol–water partition coefficient (Wildman–Crippen LogP) is 5.95. The minimum absolute atomic E-state index is 0.0180. The number of hydrogen-bond acceptors (Lipinski definition) is 15. The Hall–Kier alpha value is -5.30. The van der Waals surface area contributed by atoms with Crippen LogP contribution >= 0.6 is 22.7 Å². The van der Waals surface area contributed by atoms with Crippen molar-refractivity contribution in [2.75, 3.05) is 24.5 Å². The molecule has 3 fully saturated rings. The Morgan fingerprint density at radius 1 is 0.984 bits per heavy atom. The molecular formula is C47H53N9O6S2. The van der Waals surface area contributed by atoms with E-state index in [0.717, 1.165) is 51.2 Å². The van der Waals surface area contributed by atoms with Gasteiger partial charge in [-0.25, -0.2) is 4.98 Å². The maximum atomic E-state index is 14.2. The number of aliphatic hydroxyl groups is 2. The van der Waals surface area contributed by atoms with Gasteiger partial charge < -0.3 is 35.0 Å². The molecule has 64 heavy (non-hydrogen) atoms. The monoisotopic (exact) mass is 903 g/mol. The van der Waals surface area contributed by atoms with Crippen LogP contribution in [0.3, 0.4) is 0 Å². The number of aliphatic hydroxyl groups excluding tert-OH is 2. The summed E-state index contributed by atoms with van der Waals surface area (Å²) in [6.07, 6.45) is 1.30. The summed E-state index contributed by atoms with van der Waals surface area (Å²) in [6.45, 7) is 9.36. The number of piperazine rings is 1. The average Bonchev–Trinajstić information content (AvgIpc) is 4.17. The van der Waals surface area contributed by atoms with Crippen LogP contribution in [0.2, 0.25) is 0 Å². The molecule has 0 saturated carbocycles. The van der Waals surface area contributed by atoms with Gasteiger partial charge in [-0.1, -0.05) is 55.4 Å². The van der Waals surface area contributed by atoms with Gasteiger partial charge in [-0.05, 0) is 86.8 Å². The molecule has 17 heteroatoms. The summed E-state index contributed by atoms with van der Waals surface area (Å²) in [5.41, 5.74) is 7.26. The van der Waals surface area contributed by atoms with Gasteiger partial charge in [-0.3, -0.25) is 19.8 Å². The van der Waals surface area contributed by atoms with Crippen molar-refractivity contribution in [1.29, 1.82) is 0 Å². The van der Waals surface area contributed by atoms with Gasteiger partial charge in [0.25, 0.3) is 0 Å². The van der Waals surface area contributed by atoms with E-state index < -0.39 is 24.5 Å². The van der Waals surface area contributed by atoms with E-state index in [2.05, 4.69) is 40.8 Å². The van der Waals surface area contributed by atoms with Crippen LogP contribution in [0.5, 0.6) is 5.75 Å². The van der Waals surface area contributed by atoms with Crippen molar-refractivity contribution in [3.05, 3.63) is 93.6 Å². The number of aromatic nitrogens is 4. The number of carbonyl (C=O) groups excluding carboxylic acids is 2. The Balaban J connectivity index is 0.762. The lowest BCUT2D eigenvalue weighted by Gasteiger charge is -2.36. The van der Waals surface area contributed by atoms with Gasteiger partial charge in [0.05, 0.1) is 58.1 Å². The second kappa shape index (κ2) is 17.2.